The van der Waals surface area contributed by atoms with Gasteiger partial charge in [0.15, 0.2) is 0 Å². The number of hydrogen-bond acceptors (Lipinski definition) is 0. The Bertz CT molecular complexity index is 852. The van der Waals surface area contributed by atoms with Gasteiger partial charge in [-0.3, -0.25) is 0 Å². The fourth-order valence-electron chi connectivity index (χ4n) is 2.59. The van der Waals surface area contributed by atoms with Crippen LogP contribution in [0.4, 0.5) is 0 Å². The fraction of sp³-hybridized carbons (Fsp3) is 0.0714. The molecule has 17 heavy (non-hydrogen) atoms. The third-order valence-electron chi connectivity index (χ3n) is 3.40. The molecule has 0 aliphatic carbocycles. The summed E-state index contributed by atoms with van der Waals surface area (Å²) in [5.74, 6) is 1.12. The van der Waals surface area contributed by atoms with Crippen LogP contribution in [0.5, 0.6) is 0 Å². The van der Waals surface area contributed by atoms with Crippen LogP contribution in [0.2, 0.25) is 0 Å². The standard InChI is InChI=1S/C14H11N3/c1-16-12-8-4-5-9-13(12)17-11-7-3-2-6-10(11)15-14(16)17/h2-9H,1H3/p+1. The number of H-pyrrole nitrogens is 1. The summed E-state index contributed by atoms with van der Waals surface area (Å²) in [5.41, 5.74) is 4.87. The SMILES string of the molecule is C[n+]1c2ccccc2n2c3ccccc3[nH]c21. The Labute approximate surface area is 97.9 Å². The first kappa shape index (κ1) is 8.82. The summed E-state index contributed by atoms with van der Waals surface area (Å²) in [7, 11) is 2.09. The van der Waals surface area contributed by atoms with Gasteiger partial charge in [-0.15, -0.1) is 0 Å². The minimum atomic E-state index is 1.12. The van der Waals surface area contributed by atoms with Gasteiger partial charge in [0.25, 0.3) is 0 Å². The first-order valence-corrected chi connectivity index (χ1v) is 5.72. The number of para-hydroxylation sites is 4. The molecule has 2 aromatic heterocycles. The zero-order valence-corrected chi connectivity index (χ0v) is 9.51. The van der Waals surface area contributed by atoms with E-state index in [0.29, 0.717) is 0 Å². The molecule has 0 aliphatic rings. The lowest BCUT2D eigenvalue weighted by Gasteiger charge is -1.89. The van der Waals surface area contributed by atoms with Crippen LogP contribution in [0.3, 0.4) is 0 Å². The number of aryl methyl sites for hydroxylation is 1. The van der Waals surface area contributed by atoms with E-state index in [1.165, 1.54) is 22.1 Å². The lowest BCUT2D eigenvalue weighted by molar-refractivity contribution is -0.620. The molecule has 0 aliphatic heterocycles. The third-order valence-corrected chi connectivity index (χ3v) is 3.40. The third kappa shape index (κ3) is 0.984. The van der Waals surface area contributed by atoms with Gasteiger partial charge in [0.2, 0.25) is 0 Å². The molecule has 2 aromatic carbocycles. The maximum Gasteiger partial charge on any atom is 0.368 e. The summed E-state index contributed by atoms with van der Waals surface area (Å²) in [5, 5.41) is 0. The number of nitrogens with one attached hydrogen (secondary N) is 1. The van der Waals surface area contributed by atoms with Gasteiger partial charge in [-0.1, -0.05) is 24.3 Å². The number of nitrogens with zero attached hydrogens (tertiary/aromatic N) is 2. The maximum atomic E-state index is 3.46. The van der Waals surface area contributed by atoms with Crippen LogP contribution in [0, 0.1) is 0 Å². The van der Waals surface area contributed by atoms with E-state index in [1.54, 1.807) is 0 Å². The molecule has 1 N–H and O–H groups in total. The van der Waals surface area contributed by atoms with Crippen molar-refractivity contribution < 1.29 is 4.57 Å². The fourth-order valence-corrected chi connectivity index (χ4v) is 2.59. The number of aromatic amines is 1. The van der Waals surface area contributed by atoms with Crippen molar-refractivity contribution in [2.75, 3.05) is 0 Å². The van der Waals surface area contributed by atoms with E-state index in [9.17, 15) is 0 Å². The average Bonchev–Trinajstić information content (AvgIpc) is 2.88. The Morgan fingerprint density at radius 2 is 1.65 bits per heavy atom. The van der Waals surface area contributed by atoms with E-state index in [4.69, 9.17) is 0 Å². The highest BCUT2D eigenvalue weighted by atomic mass is 15.2. The number of hydrogen-bond donors (Lipinski definition) is 1. The summed E-state index contributed by atoms with van der Waals surface area (Å²) >= 11 is 0. The molecule has 0 bridgehead atoms. The van der Waals surface area contributed by atoms with Crippen LogP contribution in [0.15, 0.2) is 48.5 Å². The molecule has 0 atom stereocenters. The number of aromatic nitrogens is 3. The van der Waals surface area contributed by atoms with E-state index >= 15 is 0 Å². The highest BCUT2D eigenvalue weighted by Gasteiger charge is 2.19. The van der Waals surface area contributed by atoms with Gasteiger partial charge in [-0.25, -0.2) is 9.55 Å². The van der Waals surface area contributed by atoms with Gasteiger partial charge in [-0.2, -0.15) is 4.40 Å². The molecule has 0 fully saturated rings. The second-order valence-electron chi connectivity index (χ2n) is 4.35. The monoisotopic (exact) mass is 222 g/mol. The Hall–Kier alpha value is -2.29. The van der Waals surface area contributed by atoms with Crippen LogP contribution in [0.1, 0.15) is 0 Å². The van der Waals surface area contributed by atoms with Crippen molar-refractivity contribution >= 4 is 27.8 Å². The molecule has 0 unspecified atom stereocenters. The highest BCUT2D eigenvalue weighted by molar-refractivity contribution is 5.86. The van der Waals surface area contributed by atoms with E-state index in [0.717, 1.165) is 5.78 Å². The zero-order chi connectivity index (χ0) is 11.4. The number of benzene rings is 2. The van der Waals surface area contributed by atoms with Gasteiger partial charge >= 0.3 is 5.78 Å². The quantitative estimate of drug-likeness (QED) is 0.442. The molecule has 0 saturated carbocycles. The van der Waals surface area contributed by atoms with Gasteiger partial charge in [0.05, 0.1) is 7.05 Å². The molecule has 4 aromatic rings. The van der Waals surface area contributed by atoms with Crippen LogP contribution in [-0.4, -0.2) is 9.38 Å². The first-order chi connectivity index (χ1) is 8.36. The van der Waals surface area contributed by atoms with Crippen LogP contribution >= 0.6 is 0 Å². The normalized spacial score (nSPS) is 11.8. The Kier molecular flexibility index (Phi) is 1.50. The van der Waals surface area contributed by atoms with Crippen LogP contribution < -0.4 is 4.57 Å². The lowest BCUT2D eigenvalue weighted by atomic mass is 10.3. The summed E-state index contributed by atoms with van der Waals surface area (Å²) in [6, 6.07) is 16.8. The van der Waals surface area contributed by atoms with Crippen LogP contribution in [-0.2, 0) is 7.05 Å². The van der Waals surface area contributed by atoms with Crippen molar-refractivity contribution in [2.24, 2.45) is 7.05 Å². The summed E-state index contributed by atoms with van der Waals surface area (Å²) < 4.78 is 4.46. The van der Waals surface area contributed by atoms with E-state index in [1.807, 2.05) is 0 Å². The number of rotatable bonds is 0. The van der Waals surface area contributed by atoms with Crippen LogP contribution in [0.25, 0.3) is 27.8 Å². The van der Waals surface area contributed by atoms with Crippen molar-refractivity contribution in [3.05, 3.63) is 48.5 Å². The van der Waals surface area contributed by atoms with Crippen molar-refractivity contribution in [3.8, 4) is 0 Å². The summed E-state index contributed by atoms with van der Waals surface area (Å²) in [4.78, 5) is 3.46. The average molecular weight is 222 g/mol. The van der Waals surface area contributed by atoms with E-state index in [-0.39, 0.29) is 0 Å². The molecule has 82 valence electrons. The summed E-state index contributed by atoms with van der Waals surface area (Å²) in [6.07, 6.45) is 0. The molecule has 2 heterocycles. The predicted molar refractivity (Wildman–Crippen MR) is 67.9 cm³/mol. The molecular formula is C14H12N3+. The van der Waals surface area contributed by atoms with Crippen molar-refractivity contribution in [3.63, 3.8) is 0 Å². The Balaban J connectivity index is 2.41. The molecule has 4 rings (SSSR count). The highest BCUT2D eigenvalue weighted by Crippen LogP contribution is 2.20. The van der Waals surface area contributed by atoms with Gasteiger partial charge in [-0.05, 0) is 24.3 Å². The second-order valence-corrected chi connectivity index (χ2v) is 4.35. The zero-order valence-electron chi connectivity index (χ0n) is 9.51. The lowest BCUT2D eigenvalue weighted by Crippen LogP contribution is -2.27. The minimum absolute atomic E-state index is 1.12. The topological polar surface area (TPSA) is 24.1 Å². The van der Waals surface area contributed by atoms with E-state index < -0.39 is 0 Å². The molecule has 3 heteroatoms. The first-order valence-electron chi connectivity index (χ1n) is 5.72. The molecule has 0 spiro atoms. The van der Waals surface area contributed by atoms with Crippen molar-refractivity contribution in [1.29, 1.82) is 0 Å². The second kappa shape index (κ2) is 2.88. The van der Waals surface area contributed by atoms with Crippen molar-refractivity contribution in [1.82, 2.24) is 9.38 Å². The molecule has 0 saturated heterocycles. The largest absolute Gasteiger partial charge is 0.368 e. The minimum Gasteiger partial charge on any atom is -0.241 e. The number of imidazole rings is 2. The molecule has 0 radical (unpaired) electrons. The maximum absolute atomic E-state index is 3.46. The van der Waals surface area contributed by atoms with Crippen molar-refractivity contribution in [2.45, 2.75) is 0 Å². The van der Waals surface area contributed by atoms with Gasteiger partial charge in [0.1, 0.15) is 22.1 Å². The molecule has 0 amide bonds. The van der Waals surface area contributed by atoms with E-state index in [2.05, 4.69) is 69.5 Å². The molecule has 3 nitrogen and oxygen atoms in total. The van der Waals surface area contributed by atoms with Gasteiger partial charge in [0, 0.05) is 0 Å². The molecular weight excluding hydrogens is 210 g/mol. The Morgan fingerprint density at radius 3 is 2.53 bits per heavy atom. The predicted octanol–water partition coefficient (Wildman–Crippen LogP) is 2.40. The Morgan fingerprint density at radius 1 is 0.941 bits per heavy atom. The smallest absolute Gasteiger partial charge is 0.241 e. The number of fused-ring (bicyclic) bond motifs is 5. The summed E-state index contributed by atoms with van der Waals surface area (Å²) in [6.45, 7) is 0. The van der Waals surface area contributed by atoms with Gasteiger partial charge < -0.3 is 0 Å².